The summed E-state index contributed by atoms with van der Waals surface area (Å²) in [4.78, 5) is 39.4. The summed E-state index contributed by atoms with van der Waals surface area (Å²) in [7, 11) is 1.57. The topological polar surface area (TPSA) is 94.2 Å². The Kier molecular flexibility index (Phi) is 5.54. The smallest absolute Gasteiger partial charge is 0.367 e. The summed E-state index contributed by atoms with van der Waals surface area (Å²) >= 11 is 0. The Labute approximate surface area is 199 Å². The largest absolute Gasteiger partial charge is 0.422 e. The number of piperazine rings is 1. The Morgan fingerprint density at radius 1 is 1.20 bits per heavy atom. The molecule has 2 fully saturated rings. The lowest BCUT2D eigenvalue weighted by Crippen LogP contribution is -2.54. The number of H-pyrrole nitrogens is 1. The van der Waals surface area contributed by atoms with E-state index in [4.69, 9.17) is 0 Å². The van der Waals surface area contributed by atoms with Crippen molar-refractivity contribution in [3.8, 4) is 0 Å². The average Bonchev–Trinajstić information content (AvgIpc) is 3.58. The van der Waals surface area contributed by atoms with Gasteiger partial charge in [-0.25, -0.2) is 4.98 Å². The first-order valence-electron chi connectivity index (χ1n) is 11.4. The third-order valence-corrected chi connectivity index (χ3v) is 7.00. The van der Waals surface area contributed by atoms with Crippen LogP contribution in [0.5, 0.6) is 0 Å². The number of hydrogen-bond donors (Lipinski definition) is 2. The lowest BCUT2D eigenvalue weighted by Gasteiger charge is -2.43. The minimum atomic E-state index is -4.73. The maximum atomic E-state index is 13.3. The van der Waals surface area contributed by atoms with Crippen LogP contribution in [-0.2, 0) is 12.7 Å². The van der Waals surface area contributed by atoms with Gasteiger partial charge in [0.2, 0.25) is 0 Å². The van der Waals surface area contributed by atoms with Gasteiger partial charge in [0.05, 0.1) is 22.9 Å². The van der Waals surface area contributed by atoms with Gasteiger partial charge in [0.25, 0.3) is 11.5 Å². The van der Waals surface area contributed by atoms with Gasteiger partial charge < -0.3 is 15.2 Å². The zero-order chi connectivity index (χ0) is 25.0. The first-order chi connectivity index (χ1) is 16.6. The highest BCUT2D eigenvalue weighted by atomic mass is 19.4. The molecule has 35 heavy (non-hydrogen) atoms. The summed E-state index contributed by atoms with van der Waals surface area (Å²) in [6, 6.07) is 5.35. The van der Waals surface area contributed by atoms with Gasteiger partial charge in [-0.3, -0.25) is 19.5 Å². The number of carbonyl (C=O) groups excluding carboxylic acids is 1. The second kappa shape index (κ2) is 8.33. The highest BCUT2D eigenvalue weighted by molar-refractivity contribution is 5.92. The molecule has 1 aliphatic carbocycles. The number of pyridine rings is 3. The molecule has 0 radical (unpaired) electrons. The molecule has 3 aromatic rings. The molecule has 2 aliphatic rings. The minimum Gasteiger partial charge on any atom is -0.367 e. The van der Waals surface area contributed by atoms with Crippen LogP contribution >= 0.6 is 0 Å². The highest BCUT2D eigenvalue weighted by Crippen LogP contribution is 2.45. The fraction of sp³-hybridized carbons (Fsp3) is 0.417. The number of aryl methyl sites for hydroxylation is 1. The van der Waals surface area contributed by atoms with Crippen LogP contribution in [-0.4, -0.2) is 58.0 Å². The molecule has 5 rings (SSSR count). The lowest BCUT2D eigenvalue weighted by atomic mass is 10.1. The van der Waals surface area contributed by atoms with E-state index in [1.165, 1.54) is 6.92 Å². The Hall–Kier alpha value is -3.47. The van der Waals surface area contributed by atoms with Crippen molar-refractivity contribution in [1.29, 1.82) is 0 Å². The van der Waals surface area contributed by atoms with Crippen molar-refractivity contribution in [2.75, 3.05) is 31.6 Å². The van der Waals surface area contributed by atoms with E-state index < -0.39 is 17.3 Å². The van der Waals surface area contributed by atoms with E-state index >= 15 is 0 Å². The maximum absolute atomic E-state index is 13.3. The molecule has 1 saturated heterocycles. The maximum Gasteiger partial charge on any atom is 0.422 e. The SMILES string of the molecule is CNC(=O)c1ccc(N2CCN(Cc3cnc4c(C)c(C(F)(F)F)c(=O)[nH]c4c3)C3(CC3)C2)cn1. The number of alkyl halides is 3. The van der Waals surface area contributed by atoms with Gasteiger partial charge in [-0.1, -0.05) is 0 Å². The third kappa shape index (κ3) is 4.24. The molecule has 0 aromatic carbocycles. The number of rotatable bonds is 4. The quantitative estimate of drug-likeness (QED) is 0.589. The number of aromatic nitrogens is 3. The summed E-state index contributed by atoms with van der Waals surface area (Å²) in [6.45, 7) is 4.25. The van der Waals surface area contributed by atoms with E-state index in [1.54, 1.807) is 31.6 Å². The molecule has 1 aliphatic heterocycles. The monoisotopic (exact) mass is 486 g/mol. The standard InChI is InChI=1S/C24H25F3N6O2/c1-14-19(24(25,26)27)22(35)31-18-9-15(10-30-20(14)18)12-33-8-7-32(13-23(33)5-6-23)16-3-4-17(29-11-16)21(34)28-2/h3-4,9-11H,5-8,12-13H2,1-2H3,(H,28,34)(H,31,35). The van der Waals surface area contributed by atoms with Crippen molar-refractivity contribution < 1.29 is 18.0 Å². The average molecular weight is 486 g/mol. The molecule has 0 atom stereocenters. The predicted molar refractivity (Wildman–Crippen MR) is 124 cm³/mol. The predicted octanol–water partition coefficient (Wildman–Crippen LogP) is 2.86. The molecule has 1 spiro atoms. The lowest BCUT2D eigenvalue weighted by molar-refractivity contribution is -0.139. The number of anilines is 1. The summed E-state index contributed by atoms with van der Waals surface area (Å²) < 4.78 is 39.8. The van der Waals surface area contributed by atoms with Gasteiger partial charge in [0.15, 0.2) is 0 Å². The second-order valence-electron chi connectivity index (χ2n) is 9.24. The molecular weight excluding hydrogens is 461 g/mol. The van der Waals surface area contributed by atoms with E-state index in [0.29, 0.717) is 17.8 Å². The third-order valence-electron chi connectivity index (χ3n) is 7.00. The van der Waals surface area contributed by atoms with Gasteiger partial charge in [-0.15, -0.1) is 0 Å². The van der Waals surface area contributed by atoms with Crippen molar-refractivity contribution in [2.24, 2.45) is 0 Å². The number of aromatic amines is 1. The van der Waals surface area contributed by atoms with E-state index in [0.717, 1.165) is 43.7 Å². The molecule has 8 nitrogen and oxygen atoms in total. The van der Waals surface area contributed by atoms with Crippen molar-refractivity contribution in [1.82, 2.24) is 25.2 Å². The number of carbonyl (C=O) groups is 1. The number of nitrogens with one attached hydrogen (secondary N) is 2. The van der Waals surface area contributed by atoms with Gasteiger partial charge >= 0.3 is 6.18 Å². The summed E-state index contributed by atoms with van der Waals surface area (Å²) in [6.07, 6.45) is 0.663. The van der Waals surface area contributed by atoms with E-state index in [9.17, 15) is 22.8 Å². The van der Waals surface area contributed by atoms with Crippen molar-refractivity contribution in [3.05, 3.63) is 63.3 Å². The molecular formula is C24H25F3N6O2. The highest BCUT2D eigenvalue weighted by Gasteiger charge is 2.51. The zero-order valence-corrected chi connectivity index (χ0v) is 19.4. The fourth-order valence-electron chi connectivity index (χ4n) is 4.96. The van der Waals surface area contributed by atoms with E-state index in [-0.39, 0.29) is 22.5 Å². The molecule has 1 saturated carbocycles. The molecule has 1 amide bonds. The van der Waals surface area contributed by atoms with Crippen LogP contribution in [0, 0.1) is 6.92 Å². The fourth-order valence-corrected chi connectivity index (χ4v) is 4.96. The number of halogens is 3. The van der Waals surface area contributed by atoms with Crippen LogP contribution < -0.4 is 15.8 Å². The van der Waals surface area contributed by atoms with Gasteiger partial charge in [-0.05, 0) is 49.1 Å². The molecule has 2 N–H and O–H groups in total. The minimum absolute atomic E-state index is 0.0101. The first kappa shape index (κ1) is 23.3. The van der Waals surface area contributed by atoms with Crippen molar-refractivity contribution in [3.63, 3.8) is 0 Å². The van der Waals surface area contributed by atoms with E-state index in [2.05, 4.69) is 30.1 Å². The zero-order valence-electron chi connectivity index (χ0n) is 19.4. The molecule has 0 bridgehead atoms. The second-order valence-corrected chi connectivity index (χ2v) is 9.24. The molecule has 3 aromatic heterocycles. The molecule has 11 heteroatoms. The number of nitrogens with zero attached hydrogens (tertiary/aromatic N) is 4. The van der Waals surface area contributed by atoms with E-state index in [1.807, 2.05) is 6.07 Å². The van der Waals surface area contributed by atoms with Crippen molar-refractivity contribution >= 4 is 22.6 Å². The Bertz CT molecular complexity index is 1350. The van der Waals surface area contributed by atoms with Crippen LogP contribution in [0.3, 0.4) is 0 Å². The molecule has 4 heterocycles. The van der Waals surface area contributed by atoms with Crippen LogP contribution in [0.1, 0.15) is 40.0 Å². The van der Waals surface area contributed by atoms with Gasteiger partial charge in [0.1, 0.15) is 11.3 Å². The van der Waals surface area contributed by atoms with Crippen LogP contribution in [0.2, 0.25) is 0 Å². The van der Waals surface area contributed by atoms with Crippen molar-refractivity contribution in [2.45, 2.75) is 38.0 Å². The first-order valence-corrected chi connectivity index (χ1v) is 11.4. The summed E-state index contributed by atoms with van der Waals surface area (Å²) in [5.41, 5.74) is 0.134. The summed E-state index contributed by atoms with van der Waals surface area (Å²) in [5, 5.41) is 2.56. The number of hydrogen-bond acceptors (Lipinski definition) is 6. The number of amides is 1. The summed E-state index contributed by atoms with van der Waals surface area (Å²) in [5.74, 6) is -0.227. The van der Waals surface area contributed by atoms with Gasteiger partial charge in [-0.2, -0.15) is 13.2 Å². The Morgan fingerprint density at radius 2 is 1.97 bits per heavy atom. The van der Waals surface area contributed by atoms with Crippen LogP contribution in [0.4, 0.5) is 18.9 Å². The number of fused-ring (bicyclic) bond motifs is 1. The van der Waals surface area contributed by atoms with Crippen LogP contribution in [0.25, 0.3) is 11.0 Å². The molecule has 0 unspecified atom stereocenters. The van der Waals surface area contributed by atoms with Crippen LogP contribution in [0.15, 0.2) is 35.4 Å². The normalized spacial score (nSPS) is 17.7. The Morgan fingerprint density at radius 3 is 2.60 bits per heavy atom. The Balaban J connectivity index is 1.34. The molecule has 184 valence electrons. The van der Waals surface area contributed by atoms with Gasteiger partial charge in [0, 0.05) is 45.0 Å².